The quantitative estimate of drug-likeness (QED) is 0.715. The molecule has 1 aliphatic heterocycles. The van der Waals surface area contributed by atoms with Gasteiger partial charge in [0.05, 0.1) is 6.42 Å². The fourth-order valence-corrected chi connectivity index (χ4v) is 1.69. The molecule has 0 aromatic carbocycles. The molecular formula is C10H15F3N2O4. The lowest BCUT2D eigenvalue weighted by molar-refractivity contribution is -0.148. The minimum absolute atomic E-state index is 0.0784. The first-order valence-corrected chi connectivity index (χ1v) is 5.69. The zero-order chi connectivity index (χ0) is 14.5. The second-order valence-corrected chi connectivity index (χ2v) is 4.25. The summed E-state index contributed by atoms with van der Waals surface area (Å²) in [5, 5.41) is 13.3. The van der Waals surface area contributed by atoms with Crippen LogP contribution in [0, 0.1) is 0 Å². The molecule has 0 radical (unpaired) electrons. The van der Waals surface area contributed by atoms with Crippen molar-refractivity contribution in [3.63, 3.8) is 0 Å². The van der Waals surface area contributed by atoms with Gasteiger partial charge >= 0.3 is 18.2 Å². The zero-order valence-electron chi connectivity index (χ0n) is 10.0. The highest BCUT2D eigenvalue weighted by Gasteiger charge is 2.41. The maximum absolute atomic E-state index is 11.9. The van der Waals surface area contributed by atoms with Crippen molar-refractivity contribution in [2.45, 2.75) is 31.0 Å². The van der Waals surface area contributed by atoms with E-state index in [0.29, 0.717) is 0 Å². The van der Waals surface area contributed by atoms with Crippen molar-refractivity contribution < 1.29 is 32.6 Å². The molecule has 6 nitrogen and oxygen atoms in total. The Morgan fingerprint density at radius 1 is 1.26 bits per heavy atom. The van der Waals surface area contributed by atoms with Crippen LogP contribution in [-0.2, 0) is 9.53 Å². The molecule has 1 saturated heterocycles. The average molecular weight is 284 g/mol. The normalized spacial score (nSPS) is 18.7. The summed E-state index contributed by atoms with van der Waals surface area (Å²) >= 11 is 0. The third-order valence-electron chi connectivity index (χ3n) is 2.80. The van der Waals surface area contributed by atoms with Crippen molar-refractivity contribution in [2.75, 3.05) is 19.8 Å². The minimum Gasteiger partial charge on any atom is -0.480 e. The smallest absolute Gasteiger partial charge is 0.390 e. The summed E-state index contributed by atoms with van der Waals surface area (Å²) < 4.78 is 40.7. The number of aliphatic carboxylic acids is 1. The zero-order valence-corrected chi connectivity index (χ0v) is 10.0. The third kappa shape index (κ3) is 4.93. The summed E-state index contributed by atoms with van der Waals surface area (Å²) in [6, 6.07) is -0.923. The molecule has 9 heteroatoms. The van der Waals surface area contributed by atoms with Gasteiger partial charge in [-0.25, -0.2) is 9.59 Å². The van der Waals surface area contributed by atoms with Crippen molar-refractivity contribution in [2.24, 2.45) is 0 Å². The van der Waals surface area contributed by atoms with E-state index in [9.17, 15) is 22.8 Å². The Labute approximate surface area is 107 Å². The van der Waals surface area contributed by atoms with E-state index in [2.05, 4.69) is 5.32 Å². The Balaban J connectivity index is 2.46. The minimum atomic E-state index is -4.36. The van der Waals surface area contributed by atoms with Crippen LogP contribution in [-0.4, -0.2) is 48.6 Å². The summed E-state index contributed by atoms with van der Waals surface area (Å²) in [6.45, 7) is -0.244. The number of rotatable bonds is 4. The Hall–Kier alpha value is -1.51. The van der Waals surface area contributed by atoms with Crippen LogP contribution in [0.2, 0.25) is 0 Å². The highest BCUT2D eigenvalue weighted by molar-refractivity contribution is 5.86. The third-order valence-corrected chi connectivity index (χ3v) is 2.80. The molecule has 1 rings (SSSR count). The molecule has 0 atom stereocenters. The highest BCUT2D eigenvalue weighted by Crippen LogP contribution is 2.21. The molecule has 1 fully saturated rings. The lowest BCUT2D eigenvalue weighted by atomic mass is 9.90. The molecule has 2 amide bonds. The Morgan fingerprint density at radius 2 is 1.84 bits per heavy atom. The van der Waals surface area contributed by atoms with Gasteiger partial charge in [-0.1, -0.05) is 0 Å². The molecule has 0 saturated carbocycles. The van der Waals surface area contributed by atoms with Gasteiger partial charge in [-0.2, -0.15) is 13.2 Å². The fraction of sp³-hybridized carbons (Fsp3) is 0.800. The van der Waals surface area contributed by atoms with Crippen LogP contribution < -0.4 is 10.6 Å². The predicted molar refractivity (Wildman–Crippen MR) is 57.6 cm³/mol. The number of amides is 2. The maximum Gasteiger partial charge on any atom is 0.390 e. The first kappa shape index (κ1) is 15.5. The van der Waals surface area contributed by atoms with Gasteiger partial charge in [-0.3, -0.25) is 0 Å². The average Bonchev–Trinajstić information content (AvgIpc) is 2.28. The van der Waals surface area contributed by atoms with Gasteiger partial charge in [0.15, 0.2) is 0 Å². The summed E-state index contributed by atoms with van der Waals surface area (Å²) in [6.07, 6.45) is -5.37. The maximum atomic E-state index is 11.9. The van der Waals surface area contributed by atoms with E-state index >= 15 is 0 Å². The van der Waals surface area contributed by atoms with Gasteiger partial charge in [0.1, 0.15) is 5.54 Å². The van der Waals surface area contributed by atoms with Gasteiger partial charge in [0.25, 0.3) is 0 Å². The largest absolute Gasteiger partial charge is 0.480 e. The molecule has 110 valence electrons. The number of carbonyl (C=O) groups is 2. The molecule has 1 heterocycles. The van der Waals surface area contributed by atoms with E-state index in [1.807, 2.05) is 5.32 Å². The molecule has 0 aromatic rings. The second-order valence-electron chi connectivity index (χ2n) is 4.25. The van der Waals surface area contributed by atoms with Crippen molar-refractivity contribution in [3.8, 4) is 0 Å². The van der Waals surface area contributed by atoms with Crippen LogP contribution in [0.5, 0.6) is 0 Å². The first-order valence-electron chi connectivity index (χ1n) is 5.69. The summed E-state index contributed by atoms with van der Waals surface area (Å²) in [5.74, 6) is -1.22. The van der Waals surface area contributed by atoms with Crippen LogP contribution in [0.25, 0.3) is 0 Å². The van der Waals surface area contributed by atoms with Crippen LogP contribution in [0.3, 0.4) is 0 Å². The monoisotopic (exact) mass is 284 g/mol. The van der Waals surface area contributed by atoms with Gasteiger partial charge in [0.2, 0.25) is 0 Å². The van der Waals surface area contributed by atoms with Crippen molar-refractivity contribution in [1.82, 2.24) is 10.6 Å². The molecular weight excluding hydrogens is 269 g/mol. The number of ether oxygens (including phenoxy) is 1. The Morgan fingerprint density at radius 3 is 2.32 bits per heavy atom. The number of alkyl halides is 3. The number of hydrogen-bond donors (Lipinski definition) is 3. The number of nitrogens with one attached hydrogen (secondary N) is 2. The topological polar surface area (TPSA) is 87.7 Å². The number of hydrogen-bond acceptors (Lipinski definition) is 3. The highest BCUT2D eigenvalue weighted by atomic mass is 19.4. The fourth-order valence-electron chi connectivity index (χ4n) is 1.69. The van der Waals surface area contributed by atoms with Crippen LogP contribution in [0.4, 0.5) is 18.0 Å². The van der Waals surface area contributed by atoms with E-state index in [1.54, 1.807) is 0 Å². The lowest BCUT2D eigenvalue weighted by Gasteiger charge is -2.33. The van der Waals surface area contributed by atoms with Crippen LogP contribution in [0.1, 0.15) is 19.3 Å². The molecule has 3 N–H and O–H groups in total. The van der Waals surface area contributed by atoms with Crippen molar-refractivity contribution in [1.29, 1.82) is 0 Å². The van der Waals surface area contributed by atoms with Crippen LogP contribution in [0.15, 0.2) is 0 Å². The number of carboxylic acid groups (broad SMARTS) is 1. The van der Waals surface area contributed by atoms with Gasteiger partial charge < -0.3 is 20.5 Å². The summed E-state index contributed by atoms with van der Waals surface area (Å²) in [4.78, 5) is 22.6. The number of carboxylic acids is 1. The van der Waals surface area contributed by atoms with E-state index in [4.69, 9.17) is 9.84 Å². The van der Waals surface area contributed by atoms with Gasteiger partial charge in [-0.05, 0) is 0 Å². The summed E-state index contributed by atoms with van der Waals surface area (Å²) in [5.41, 5.74) is -1.47. The van der Waals surface area contributed by atoms with Gasteiger partial charge in [0, 0.05) is 32.6 Å². The molecule has 0 unspecified atom stereocenters. The molecule has 19 heavy (non-hydrogen) atoms. The standard InChI is InChI=1S/C10H15F3N2O4/c11-10(12,13)1-4-14-8(18)15-9(7(16)17)2-5-19-6-3-9/h1-6H2,(H,16,17)(H2,14,15,18). The van der Waals surface area contributed by atoms with E-state index in [-0.39, 0.29) is 26.1 Å². The van der Waals surface area contributed by atoms with E-state index in [1.165, 1.54) is 0 Å². The predicted octanol–water partition coefficient (Wildman–Crippen LogP) is 0.872. The number of urea groups is 1. The van der Waals surface area contributed by atoms with Gasteiger partial charge in [-0.15, -0.1) is 0 Å². The molecule has 1 aliphatic rings. The molecule has 0 aromatic heterocycles. The number of halogens is 3. The SMILES string of the molecule is O=C(NCCC(F)(F)F)NC1(C(=O)O)CCOCC1. The van der Waals surface area contributed by atoms with E-state index < -0.39 is 36.7 Å². The van der Waals surface area contributed by atoms with E-state index in [0.717, 1.165) is 0 Å². The molecule has 0 aliphatic carbocycles. The molecule has 0 spiro atoms. The number of carbonyl (C=O) groups excluding carboxylic acids is 1. The van der Waals surface area contributed by atoms with Crippen LogP contribution >= 0.6 is 0 Å². The second kappa shape index (κ2) is 6.09. The molecule has 0 bridgehead atoms. The Bertz CT molecular complexity index is 340. The first-order chi connectivity index (χ1) is 8.75. The lowest BCUT2D eigenvalue weighted by Crippen LogP contribution is -2.59. The van der Waals surface area contributed by atoms with Crippen molar-refractivity contribution >= 4 is 12.0 Å². The van der Waals surface area contributed by atoms with Crippen molar-refractivity contribution in [3.05, 3.63) is 0 Å². The Kier molecular flexibility index (Phi) is 4.98. The summed E-state index contributed by atoms with van der Waals surface area (Å²) in [7, 11) is 0.